The van der Waals surface area contributed by atoms with Crippen LogP contribution in [0.15, 0.2) is 4.47 Å². The third-order valence-corrected chi connectivity index (χ3v) is 5.00. The number of ether oxygens (including phenoxy) is 1. The van der Waals surface area contributed by atoms with Crippen molar-refractivity contribution in [1.82, 2.24) is 9.97 Å². The number of methoxy groups -OCH3 is 1. The minimum atomic E-state index is 0.455. The van der Waals surface area contributed by atoms with Gasteiger partial charge < -0.3 is 4.74 Å². The molecule has 3 nitrogen and oxygen atoms in total. The molecule has 1 aliphatic rings. The van der Waals surface area contributed by atoms with Gasteiger partial charge in [-0.15, -0.1) is 0 Å². The summed E-state index contributed by atoms with van der Waals surface area (Å²) in [5.74, 6) is 2.15. The van der Waals surface area contributed by atoms with Gasteiger partial charge in [0.2, 0.25) is 0 Å². The molecule has 0 radical (unpaired) electrons. The molecule has 1 fully saturated rings. The monoisotopic (exact) mass is 332 g/mol. The van der Waals surface area contributed by atoms with Crippen LogP contribution in [0.25, 0.3) is 0 Å². The lowest BCUT2D eigenvalue weighted by molar-refractivity contribution is 0.180. The second-order valence-corrected chi connectivity index (χ2v) is 6.00. The normalized spacial score (nSPS) is 23.6. The molecule has 2 atom stereocenters. The Morgan fingerprint density at radius 3 is 2.78 bits per heavy atom. The predicted molar refractivity (Wildman–Crippen MR) is 75.8 cm³/mol. The van der Waals surface area contributed by atoms with Crippen molar-refractivity contribution in [3.05, 3.63) is 21.1 Å². The first-order valence-corrected chi connectivity index (χ1v) is 7.53. The topological polar surface area (TPSA) is 35.0 Å². The summed E-state index contributed by atoms with van der Waals surface area (Å²) in [5.41, 5.74) is 0.840. The van der Waals surface area contributed by atoms with E-state index in [0.717, 1.165) is 21.9 Å². The van der Waals surface area contributed by atoms with E-state index in [2.05, 4.69) is 32.8 Å². The fourth-order valence-corrected chi connectivity index (χ4v) is 3.06. The highest BCUT2D eigenvalue weighted by Gasteiger charge is 2.27. The number of rotatable bonds is 4. The number of hydrogen-bond acceptors (Lipinski definition) is 3. The Labute approximate surface area is 121 Å². The van der Waals surface area contributed by atoms with E-state index in [1.807, 2.05) is 0 Å². The molecule has 2 rings (SSSR count). The third-order valence-electron chi connectivity index (χ3n) is 3.66. The zero-order chi connectivity index (χ0) is 13.1. The van der Waals surface area contributed by atoms with Crippen molar-refractivity contribution in [2.24, 2.45) is 5.92 Å². The fraction of sp³-hybridized carbons (Fsp3) is 0.692. The van der Waals surface area contributed by atoms with E-state index in [-0.39, 0.29) is 0 Å². The van der Waals surface area contributed by atoms with Crippen molar-refractivity contribution in [2.45, 2.75) is 45.1 Å². The van der Waals surface area contributed by atoms with Crippen molar-refractivity contribution >= 4 is 27.5 Å². The number of halogens is 2. The maximum atomic E-state index is 6.15. The lowest BCUT2D eigenvalue weighted by Gasteiger charge is -2.12. The van der Waals surface area contributed by atoms with Crippen molar-refractivity contribution in [1.29, 1.82) is 0 Å². The zero-order valence-electron chi connectivity index (χ0n) is 10.7. The molecule has 0 aliphatic heterocycles. The Morgan fingerprint density at radius 1 is 1.39 bits per heavy atom. The molecule has 2 unspecified atom stereocenters. The smallest absolute Gasteiger partial charge is 0.147 e. The van der Waals surface area contributed by atoms with Crippen LogP contribution in [-0.2, 0) is 11.3 Å². The van der Waals surface area contributed by atoms with Crippen LogP contribution in [-0.4, -0.2) is 17.1 Å². The summed E-state index contributed by atoms with van der Waals surface area (Å²) in [7, 11) is 1.66. The van der Waals surface area contributed by atoms with Gasteiger partial charge in [0, 0.05) is 13.0 Å². The van der Waals surface area contributed by atoms with Gasteiger partial charge in [0.25, 0.3) is 0 Å². The van der Waals surface area contributed by atoms with Crippen LogP contribution in [0.1, 0.15) is 50.0 Å². The molecule has 0 saturated heterocycles. The van der Waals surface area contributed by atoms with Gasteiger partial charge in [-0.05, 0) is 41.1 Å². The molecule has 0 amide bonds. The molecule has 0 aromatic carbocycles. The lowest BCUT2D eigenvalue weighted by atomic mass is 10.0. The summed E-state index contributed by atoms with van der Waals surface area (Å²) in [6.07, 6.45) is 4.87. The molecule has 1 heterocycles. The molecule has 1 aliphatic carbocycles. The predicted octanol–water partition coefficient (Wildman–Crippen LogP) is 4.33. The van der Waals surface area contributed by atoms with Crippen LogP contribution < -0.4 is 0 Å². The molecule has 1 saturated carbocycles. The maximum Gasteiger partial charge on any atom is 0.147 e. The number of hydrogen-bond donors (Lipinski definition) is 0. The van der Waals surface area contributed by atoms with E-state index in [4.69, 9.17) is 16.3 Å². The Bertz CT molecular complexity index is 428. The quantitative estimate of drug-likeness (QED) is 0.769. The molecule has 0 bridgehead atoms. The van der Waals surface area contributed by atoms with E-state index in [9.17, 15) is 0 Å². The second-order valence-electron chi connectivity index (χ2n) is 4.85. The molecule has 1 aromatic rings. The van der Waals surface area contributed by atoms with Crippen LogP contribution in [0.3, 0.4) is 0 Å². The highest BCUT2D eigenvalue weighted by molar-refractivity contribution is 9.10. The molecule has 1 aromatic heterocycles. The molecule has 0 spiro atoms. The summed E-state index contributed by atoms with van der Waals surface area (Å²) < 4.78 is 5.89. The van der Waals surface area contributed by atoms with Crippen LogP contribution in [0.4, 0.5) is 0 Å². The van der Waals surface area contributed by atoms with Gasteiger partial charge in [-0.25, -0.2) is 9.97 Å². The first-order valence-electron chi connectivity index (χ1n) is 6.36. The molecule has 0 N–H and O–H groups in total. The van der Waals surface area contributed by atoms with Gasteiger partial charge in [-0.1, -0.05) is 24.9 Å². The Balaban J connectivity index is 2.23. The average molecular weight is 334 g/mol. The molecular formula is C13H18BrClN2O. The zero-order valence-corrected chi connectivity index (χ0v) is 13.1. The molecule has 100 valence electrons. The Kier molecular flexibility index (Phi) is 4.98. The van der Waals surface area contributed by atoms with E-state index in [0.29, 0.717) is 17.7 Å². The van der Waals surface area contributed by atoms with Gasteiger partial charge in [-0.3, -0.25) is 0 Å². The van der Waals surface area contributed by atoms with Gasteiger partial charge in [0.05, 0.1) is 16.8 Å². The van der Waals surface area contributed by atoms with Gasteiger partial charge >= 0.3 is 0 Å². The number of aromatic nitrogens is 2. The van der Waals surface area contributed by atoms with E-state index in [1.165, 1.54) is 25.7 Å². The standard InChI is InChI=1S/C13H18BrClN2O/c1-3-8-4-5-9(6-8)13-16-10(7-18-2)11(14)12(15)17-13/h8-9H,3-7H2,1-2H3. The highest BCUT2D eigenvalue weighted by atomic mass is 79.9. The summed E-state index contributed by atoms with van der Waals surface area (Å²) >= 11 is 9.56. The van der Waals surface area contributed by atoms with E-state index >= 15 is 0 Å². The largest absolute Gasteiger partial charge is 0.378 e. The summed E-state index contributed by atoms with van der Waals surface area (Å²) in [5, 5.41) is 0.493. The van der Waals surface area contributed by atoms with Crippen molar-refractivity contribution in [3.8, 4) is 0 Å². The van der Waals surface area contributed by atoms with Crippen molar-refractivity contribution in [2.75, 3.05) is 7.11 Å². The minimum Gasteiger partial charge on any atom is -0.378 e. The first-order chi connectivity index (χ1) is 8.65. The SMILES string of the molecule is CCC1CCC(c2nc(Cl)c(Br)c(COC)n2)C1. The summed E-state index contributed by atoms with van der Waals surface area (Å²) in [6, 6.07) is 0. The van der Waals surface area contributed by atoms with Crippen LogP contribution in [0, 0.1) is 5.92 Å². The third kappa shape index (κ3) is 3.03. The molecule has 18 heavy (non-hydrogen) atoms. The number of nitrogens with zero attached hydrogens (tertiary/aromatic N) is 2. The fourth-order valence-electron chi connectivity index (χ4n) is 2.58. The van der Waals surface area contributed by atoms with E-state index in [1.54, 1.807) is 7.11 Å². The van der Waals surface area contributed by atoms with Crippen molar-refractivity contribution < 1.29 is 4.74 Å². The summed E-state index contributed by atoms with van der Waals surface area (Å²) in [6.45, 7) is 2.71. The lowest BCUT2D eigenvalue weighted by Crippen LogP contribution is -2.06. The second kappa shape index (κ2) is 6.31. The van der Waals surface area contributed by atoms with Crippen LogP contribution in [0.2, 0.25) is 5.15 Å². The Hall–Kier alpha value is -0.190. The molecule has 5 heteroatoms. The average Bonchev–Trinajstić information content (AvgIpc) is 2.83. The van der Waals surface area contributed by atoms with Crippen LogP contribution >= 0.6 is 27.5 Å². The maximum absolute atomic E-state index is 6.15. The van der Waals surface area contributed by atoms with Crippen LogP contribution in [0.5, 0.6) is 0 Å². The summed E-state index contributed by atoms with van der Waals surface area (Å²) in [4.78, 5) is 9.02. The minimum absolute atomic E-state index is 0.455. The van der Waals surface area contributed by atoms with E-state index < -0.39 is 0 Å². The van der Waals surface area contributed by atoms with Crippen molar-refractivity contribution in [3.63, 3.8) is 0 Å². The van der Waals surface area contributed by atoms with Gasteiger partial charge in [0.15, 0.2) is 0 Å². The Morgan fingerprint density at radius 2 is 2.17 bits per heavy atom. The molecular weight excluding hydrogens is 316 g/mol. The van der Waals surface area contributed by atoms with Gasteiger partial charge in [0.1, 0.15) is 11.0 Å². The highest BCUT2D eigenvalue weighted by Crippen LogP contribution is 2.39. The van der Waals surface area contributed by atoms with Gasteiger partial charge in [-0.2, -0.15) is 0 Å². The first kappa shape index (κ1) is 14.2.